The zero-order chi connectivity index (χ0) is 39.5. The molecule has 2 nitrogen and oxygen atoms in total. The molecule has 11 rings (SSSR count). The van der Waals surface area contributed by atoms with Crippen LogP contribution in [0.15, 0.2) is 218 Å². The number of anilines is 3. The van der Waals surface area contributed by atoms with Gasteiger partial charge in [-0.25, -0.2) is 0 Å². The molecule has 59 heavy (non-hydrogen) atoms. The van der Waals surface area contributed by atoms with Gasteiger partial charge in [-0.3, -0.25) is 0 Å². The lowest BCUT2D eigenvalue weighted by Crippen LogP contribution is -2.15. The first-order chi connectivity index (χ1) is 29.1. The predicted octanol–water partition coefficient (Wildman–Crippen LogP) is 15.6. The Kier molecular flexibility index (Phi) is 8.20. The van der Waals surface area contributed by atoms with E-state index < -0.39 is 0 Å². The maximum atomic E-state index is 2.46. The summed E-state index contributed by atoms with van der Waals surface area (Å²) in [6.07, 6.45) is 0. The van der Waals surface area contributed by atoms with Gasteiger partial charge < -0.3 is 9.47 Å². The predicted molar refractivity (Wildman–Crippen MR) is 249 cm³/mol. The molecule has 0 fully saturated rings. The Morgan fingerprint density at radius 1 is 0.373 bits per heavy atom. The van der Waals surface area contributed by atoms with E-state index in [0.717, 1.165) is 17.1 Å². The summed E-state index contributed by atoms with van der Waals surface area (Å²) in [5, 5.41) is 2.50. The van der Waals surface area contributed by atoms with Crippen LogP contribution in [0.3, 0.4) is 0 Å². The molecular weight excluding hydrogens is 713 g/mol. The number of aromatic nitrogens is 1. The molecule has 2 heteroatoms. The summed E-state index contributed by atoms with van der Waals surface area (Å²) in [6.45, 7) is 4.72. The molecule has 0 bridgehead atoms. The van der Waals surface area contributed by atoms with Crippen molar-refractivity contribution >= 4 is 38.9 Å². The number of fused-ring (bicyclic) bond motifs is 6. The minimum atomic E-state index is -0.0915. The highest BCUT2D eigenvalue weighted by molar-refractivity contribution is 6.10. The zero-order valence-electron chi connectivity index (χ0n) is 33.2. The van der Waals surface area contributed by atoms with Crippen LogP contribution in [0.2, 0.25) is 0 Å². The van der Waals surface area contributed by atoms with Crippen LogP contribution in [0.4, 0.5) is 17.1 Å². The van der Waals surface area contributed by atoms with Crippen LogP contribution in [0.1, 0.15) is 25.0 Å². The van der Waals surface area contributed by atoms with Crippen LogP contribution in [0, 0.1) is 0 Å². The quantitative estimate of drug-likeness (QED) is 0.157. The average Bonchev–Trinajstić information content (AvgIpc) is 3.76. The number of hydrogen-bond acceptors (Lipinski definition) is 1. The van der Waals surface area contributed by atoms with Gasteiger partial charge in [0.05, 0.1) is 22.4 Å². The number of hydrogen-bond donors (Lipinski definition) is 0. The minimum Gasteiger partial charge on any atom is -0.309 e. The van der Waals surface area contributed by atoms with Crippen molar-refractivity contribution in [3.05, 3.63) is 230 Å². The van der Waals surface area contributed by atoms with Crippen molar-refractivity contribution in [1.82, 2.24) is 4.57 Å². The van der Waals surface area contributed by atoms with E-state index in [1.54, 1.807) is 0 Å². The van der Waals surface area contributed by atoms with E-state index in [1.807, 2.05) is 0 Å². The Balaban J connectivity index is 1.08. The molecule has 1 aliphatic rings. The van der Waals surface area contributed by atoms with Gasteiger partial charge in [0.1, 0.15) is 0 Å². The molecular formula is C57H42N2. The molecule has 0 atom stereocenters. The van der Waals surface area contributed by atoms with E-state index in [-0.39, 0.29) is 5.41 Å². The summed E-state index contributed by atoms with van der Waals surface area (Å²) in [7, 11) is 0. The van der Waals surface area contributed by atoms with Gasteiger partial charge >= 0.3 is 0 Å². The SMILES string of the molecule is CC1(C)c2ccccc2-c2c(-c3ccccc3N(c3ccc(-c4ccc5c(c4)c4ccccc4n5-c4ccccc4)cc3)c3ccccc3-c3ccccc3)cccc21. The molecule has 10 aromatic rings. The molecule has 1 heterocycles. The maximum Gasteiger partial charge on any atom is 0.0541 e. The Labute approximate surface area is 345 Å². The molecule has 0 saturated carbocycles. The standard InChI is InChI=1S/C57H42N2/c1-57(2)50-27-13-9-25-48(50)56-47(26-17-28-51(56)57)45-23-11-15-30-53(45)59(52-29-14-10-22-44(52)40-18-5-3-6-19-40)43-35-32-39(33-36-43)41-34-37-55-49(38-41)46-24-12-16-31-54(46)58(55)42-20-7-4-8-21-42/h3-38H,1-2H3. The molecule has 1 aliphatic carbocycles. The highest BCUT2D eigenvalue weighted by Crippen LogP contribution is 2.54. The Morgan fingerprint density at radius 2 is 0.932 bits per heavy atom. The van der Waals surface area contributed by atoms with Crippen LogP contribution >= 0.6 is 0 Å². The van der Waals surface area contributed by atoms with Crippen molar-refractivity contribution in [1.29, 1.82) is 0 Å². The van der Waals surface area contributed by atoms with Gasteiger partial charge in [0.2, 0.25) is 0 Å². The van der Waals surface area contributed by atoms with E-state index >= 15 is 0 Å². The number of benzene rings is 9. The average molecular weight is 755 g/mol. The molecule has 9 aromatic carbocycles. The highest BCUT2D eigenvalue weighted by Gasteiger charge is 2.37. The van der Waals surface area contributed by atoms with Crippen LogP contribution in [-0.2, 0) is 5.41 Å². The van der Waals surface area contributed by atoms with E-state index in [4.69, 9.17) is 0 Å². The van der Waals surface area contributed by atoms with Crippen molar-refractivity contribution < 1.29 is 0 Å². The second-order valence-electron chi connectivity index (χ2n) is 16.1. The van der Waals surface area contributed by atoms with E-state index in [1.165, 1.54) is 83.1 Å². The monoisotopic (exact) mass is 754 g/mol. The summed E-state index contributed by atoms with van der Waals surface area (Å²) in [5.74, 6) is 0. The summed E-state index contributed by atoms with van der Waals surface area (Å²) in [4.78, 5) is 2.46. The van der Waals surface area contributed by atoms with Crippen LogP contribution in [-0.4, -0.2) is 4.57 Å². The summed E-state index contributed by atoms with van der Waals surface area (Å²) in [5.41, 5.74) is 19.4. The number of nitrogens with zero attached hydrogens (tertiary/aromatic N) is 2. The minimum absolute atomic E-state index is 0.0915. The Morgan fingerprint density at radius 3 is 1.71 bits per heavy atom. The van der Waals surface area contributed by atoms with Crippen molar-refractivity contribution in [3.8, 4) is 50.2 Å². The third-order valence-corrected chi connectivity index (χ3v) is 12.4. The van der Waals surface area contributed by atoms with Crippen molar-refractivity contribution in [3.63, 3.8) is 0 Å². The largest absolute Gasteiger partial charge is 0.309 e. The molecule has 0 N–H and O–H groups in total. The van der Waals surface area contributed by atoms with Crippen molar-refractivity contribution in [2.24, 2.45) is 0 Å². The lowest BCUT2D eigenvalue weighted by atomic mass is 9.82. The van der Waals surface area contributed by atoms with E-state index in [9.17, 15) is 0 Å². The first-order valence-electron chi connectivity index (χ1n) is 20.5. The summed E-state index contributed by atoms with van der Waals surface area (Å²) in [6, 6.07) is 79.8. The third-order valence-electron chi connectivity index (χ3n) is 12.4. The molecule has 0 aliphatic heterocycles. The number of para-hydroxylation sites is 4. The fraction of sp³-hybridized carbons (Fsp3) is 0.0526. The smallest absolute Gasteiger partial charge is 0.0541 e. The van der Waals surface area contributed by atoms with Gasteiger partial charge in [0, 0.05) is 38.7 Å². The van der Waals surface area contributed by atoms with E-state index in [0.29, 0.717) is 0 Å². The summed E-state index contributed by atoms with van der Waals surface area (Å²) >= 11 is 0. The van der Waals surface area contributed by atoms with Crippen molar-refractivity contribution in [2.45, 2.75) is 19.3 Å². The molecule has 0 unspecified atom stereocenters. The van der Waals surface area contributed by atoms with Gasteiger partial charge in [-0.1, -0.05) is 178 Å². The van der Waals surface area contributed by atoms with Gasteiger partial charge in [-0.15, -0.1) is 0 Å². The van der Waals surface area contributed by atoms with Crippen LogP contribution in [0.5, 0.6) is 0 Å². The van der Waals surface area contributed by atoms with Gasteiger partial charge in [-0.2, -0.15) is 0 Å². The van der Waals surface area contributed by atoms with Gasteiger partial charge in [0.25, 0.3) is 0 Å². The van der Waals surface area contributed by atoms with Crippen LogP contribution in [0.25, 0.3) is 72.0 Å². The van der Waals surface area contributed by atoms with Crippen molar-refractivity contribution in [2.75, 3.05) is 4.90 Å². The fourth-order valence-corrected chi connectivity index (χ4v) is 9.62. The fourth-order valence-electron chi connectivity index (χ4n) is 9.62. The second kappa shape index (κ2) is 13.9. The Hall–Kier alpha value is -7.42. The highest BCUT2D eigenvalue weighted by atomic mass is 15.1. The molecule has 1 aromatic heterocycles. The molecule has 0 spiro atoms. The third kappa shape index (κ3) is 5.63. The maximum absolute atomic E-state index is 2.46. The lowest BCUT2D eigenvalue weighted by Gasteiger charge is -2.30. The first kappa shape index (κ1) is 34.8. The second-order valence-corrected chi connectivity index (χ2v) is 16.1. The number of rotatable bonds is 7. The lowest BCUT2D eigenvalue weighted by molar-refractivity contribution is 0.660. The molecule has 0 saturated heterocycles. The molecule has 0 amide bonds. The topological polar surface area (TPSA) is 8.17 Å². The van der Waals surface area contributed by atoms with Gasteiger partial charge in [0.15, 0.2) is 0 Å². The molecule has 280 valence electrons. The van der Waals surface area contributed by atoms with Crippen LogP contribution < -0.4 is 4.90 Å². The zero-order valence-corrected chi connectivity index (χ0v) is 33.2. The first-order valence-corrected chi connectivity index (χ1v) is 20.5. The normalized spacial score (nSPS) is 12.7. The van der Waals surface area contributed by atoms with E-state index in [2.05, 4.69) is 242 Å². The van der Waals surface area contributed by atoms with Gasteiger partial charge in [-0.05, 0) is 99.1 Å². The Bertz CT molecular complexity index is 3170. The molecule has 0 radical (unpaired) electrons. The summed E-state index contributed by atoms with van der Waals surface area (Å²) < 4.78 is 2.37.